The maximum atomic E-state index is 11.7. The zero-order chi connectivity index (χ0) is 17.7. The van der Waals surface area contributed by atoms with E-state index in [0.717, 1.165) is 58.1 Å². The molecule has 1 amide bonds. The van der Waals surface area contributed by atoms with Gasteiger partial charge in [-0.05, 0) is 45.7 Å². The van der Waals surface area contributed by atoms with Crippen LogP contribution < -0.4 is 10.6 Å². The molecule has 7 heteroatoms. The lowest BCUT2D eigenvalue weighted by molar-refractivity contribution is -0.119. The molecule has 0 aliphatic carbocycles. The molecular weight excluding hydrogens is 441 g/mol. The van der Waals surface area contributed by atoms with Crippen LogP contribution in [-0.2, 0) is 4.79 Å². The number of nitrogens with zero attached hydrogens (tertiary/aromatic N) is 3. The molecule has 6 nitrogen and oxygen atoms in total. The molecule has 3 heterocycles. The van der Waals surface area contributed by atoms with Crippen LogP contribution in [0.4, 0.5) is 0 Å². The van der Waals surface area contributed by atoms with Gasteiger partial charge in [-0.1, -0.05) is 13.3 Å². The van der Waals surface area contributed by atoms with Crippen molar-refractivity contribution in [1.29, 1.82) is 0 Å². The van der Waals surface area contributed by atoms with E-state index in [-0.39, 0.29) is 35.3 Å². The molecule has 3 fully saturated rings. The Bertz CT molecular complexity index is 500. The summed E-state index contributed by atoms with van der Waals surface area (Å²) in [6.07, 6.45) is 6.88. The third kappa shape index (κ3) is 5.24. The highest BCUT2D eigenvalue weighted by atomic mass is 127. The van der Waals surface area contributed by atoms with Crippen molar-refractivity contribution in [1.82, 2.24) is 20.4 Å². The first-order chi connectivity index (χ1) is 12.2. The number of aliphatic imine (C=N–C) groups is 1. The van der Waals surface area contributed by atoms with E-state index in [0.29, 0.717) is 12.5 Å². The van der Waals surface area contributed by atoms with Crippen LogP contribution in [0.2, 0.25) is 0 Å². The zero-order valence-electron chi connectivity index (χ0n) is 16.4. The predicted molar refractivity (Wildman–Crippen MR) is 117 cm³/mol. The topological polar surface area (TPSA) is 60.0 Å². The highest BCUT2D eigenvalue weighted by Gasteiger charge is 2.42. The Morgan fingerprint density at radius 1 is 1.31 bits per heavy atom. The molecule has 0 aromatic rings. The van der Waals surface area contributed by atoms with Crippen molar-refractivity contribution in [3.63, 3.8) is 0 Å². The van der Waals surface area contributed by atoms with Gasteiger partial charge in [-0.15, -0.1) is 24.0 Å². The van der Waals surface area contributed by atoms with Crippen LogP contribution in [-0.4, -0.2) is 73.5 Å². The lowest BCUT2D eigenvalue weighted by Gasteiger charge is -2.41. The van der Waals surface area contributed by atoms with Gasteiger partial charge in [-0.25, -0.2) is 0 Å². The first-order valence-electron chi connectivity index (χ1n) is 10.2. The van der Waals surface area contributed by atoms with Gasteiger partial charge >= 0.3 is 0 Å². The Balaban J connectivity index is 0.00000243. The number of halogens is 1. The summed E-state index contributed by atoms with van der Waals surface area (Å²) in [6, 6.07) is 0.584. The van der Waals surface area contributed by atoms with Crippen molar-refractivity contribution in [3.05, 3.63) is 0 Å². The molecule has 0 radical (unpaired) electrons. The number of carbonyl (C=O) groups excluding carboxylic acids is 1. The quantitative estimate of drug-likeness (QED) is 0.370. The van der Waals surface area contributed by atoms with Crippen molar-refractivity contribution in [3.8, 4) is 0 Å². The third-order valence-corrected chi connectivity index (χ3v) is 6.10. The Labute approximate surface area is 175 Å². The average molecular weight is 477 g/mol. The lowest BCUT2D eigenvalue weighted by Crippen LogP contribution is -2.51. The molecule has 2 atom stereocenters. The Morgan fingerprint density at radius 3 is 2.85 bits per heavy atom. The van der Waals surface area contributed by atoms with Crippen LogP contribution in [0.5, 0.6) is 0 Å². The number of likely N-dealkylation sites (N-methyl/N-ethyl adjacent to an activating group) is 1. The second-order valence-corrected chi connectivity index (χ2v) is 7.95. The predicted octanol–water partition coefficient (Wildman–Crippen LogP) is 2.05. The van der Waals surface area contributed by atoms with Gasteiger partial charge < -0.3 is 15.5 Å². The number of rotatable bonds is 4. The molecule has 0 bridgehead atoms. The van der Waals surface area contributed by atoms with Gasteiger partial charge in [0.15, 0.2) is 5.96 Å². The minimum absolute atomic E-state index is 0. The number of carbonyl (C=O) groups is 1. The molecular formula is C19H36IN5O. The molecule has 3 aliphatic heterocycles. The molecule has 150 valence electrons. The van der Waals surface area contributed by atoms with Gasteiger partial charge in [0.2, 0.25) is 5.91 Å². The average Bonchev–Trinajstić information content (AvgIpc) is 2.98. The van der Waals surface area contributed by atoms with Crippen LogP contribution in [0.1, 0.15) is 52.4 Å². The standard InChI is InChI=1S/C19H35N5O.HI/c1-3-20-18(21-13-16-8-5-6-10-23(16)4-2)24-11-7-9-19(15-24)12-17(25)22-14-19;/h16H,3-15H2,1-2H3,(H,20,21)(H,22,25);1H. The fraction of sp³-hybridized carbons (Fsp3) is 0.895. The fourth-order valence-corrected chi connectivity index (χ4v) is 4.73. The summed E-state index contributed by atoms with van der Waals surface area (Å²) in [4.78, 5) is 21.7. The molecule has 3 saturated heterocycles. The Hall–Kier alpha value is -0.570. The van der Waals surface area contributed by atoms with Crippen molar-refractivity contribution in [2.24, 2.45) is 10.4 Å². The molecule has 0 saturated carbocycles. The van der Waals surface area contributed by atoms with Crippen molar-refractivity contribution >= 4 is 35.8 Å². The molecule has 2 unspecified atom stereocenters. The summed E-state index contributed by atoms with van der Waals surface area (Å²) >= 11 is 0. The van der Waals surface area contributed by atoms with Gasteiger partial charge in [-0.3, -0.25) is 14.7 Å². The van der Waals surface area contributed by atoms with E-state index >= 15 is 0 Å². The molecule has 0 aromatic carbocycles. The summed E-state index contributed by atoms with van der Waals surface area (Å²) in [7, 11) is 0. The molecule has 1 spiro atoms. The highest BCUT2D eigenvalue weighted by molar-refractivity contribution is 14.0. The van der Waals surface area contributed by atoms with Crippen molar-refractivity contribution in [2.75, 3.05) is 45.8 Å². The second kappa shape index (κ2) is 10.1. The van der Waals surface area contributed by atoms with E-state index in [1.165, 1.54) is 25.8 Å². The Morgan fingerprint density at radius 2 is 2.15 bits per heavy atom. The lowest BCUT2D eigenvalue weighted by atomic mass is 9.79. The minimum atomic E-state index is 0. The van der Waals surface area contributed by atoms with Crippen molar-refractivity contribution < 1.29 is 4.79 Å². The number of piperidine rings is 2. The number of likely N-dealkylation sites (tertiary alicyclic amines) is 2. The first-order valence-corrected chi connectivity index (χ1v) is 10.2. The van der Waals surface area contributed by atoms with Crippen LogP contribution in [0.3, 0.4) is 0 Å². The van der Waals surface area contributed by atoms with Crippen LogP contribution in [0, 0.1) is 5.41 Å². The maximum absolute atomic E-state index is 11.7. The summed E-state index contributed by atoms with van der Waals surface area (Å²) in [5, 5.41) is 6.53. The van der Waals surface area contributed by atoms with E-state index in [4.69, 9.17) is 4.99 Å². The van der Waals surface area contributed by atoms with Gasteiger partial charge in [-0.2, -0.15) is 0 Å². The summed E-state index contributed by atoms with van der Waals surface area (Å²) in [5.74, 6) is 1.26. The molecule has 3 rings (SSSR count). The minimum Gasteiger partial charge on any atom is -0.357 e. The van der Waals surface area contributed by atoms with Gasteiger partial charge in [0.05, 0.1) is 6.54 Å². The largest absolute Gasteiger partial charge is 0.357 e. The second-order valence-electron chi connectivity index (χ2n) is 7.95. The van der Waals surface area contributed by atoms with Gasteiger partial charge in [0.25, 0.3) is 0 Å². The van der Waals surface area contributed by atoms with Gasteiger partial charge in [0, 0.05) is 44.1 Å². The van der Waals surface area contributed by atoms with Crippen LogP contribution in [0.25, 0.3) is 0 Å². The summed E-state index contributed by atoms with van der Waals surface area (Å²) in [6.45, 7) is 11.3. The normalized spacial score (nSPS) is 30.2. The number of hydrogen-bond acceptors (Lipinski definition) is 3. The van der Waals surface area contributed by atoms with E-state index in [1.807, 2.05) is 0 Å². The highest BCUT2D eigenvalue weighted by Crippen LogP contribution is 2.36. The van der Waals surface area contributed by atoms with Crippen molar-refractivity contribution in [2.45, 2.75) is 58.4 Å². The monoisotopic (exact) mass is 477 g/mol. The summed E-state index contributed by atoms with van der Waals surface area (Å²) in [5.41, 5.74) is 0.117. The zero-order valence-corrected chi connectivity index (χ0v) is 18.8. The Kier molecular flexibility index (Phi) is 8.44. The molecule has 2 N–H and O–H groups in total. The van der Waals surface area contributed by atoms with E-state index in [1.54, 1.807) is 0 Å². The number of guanidine groups is 1. The number of amides is 1. The van der Waals surface area contributed by atoms with E-state index in [9.17, 15) is 4.79 Å². The molecule has 3 aliphatic rings. The maximum Gasteiger partial charge on any atom is 0.220 e. The van der Waals surface area contributed by atoms with Crippen LogP contribution >= 0.6 is 24.0 Å². The first kappa shape index (κ1) is 21.7. The summed E-state index contributed by atoms with van der Waals surface area (Å²) < 4.78 is 0. The third-order valence-electron chi connectivity index (χ3n) is 6.10. The fourth-order valence-electron chi connectivity index (χ4n) is 4.73. The van der Waals surface area contributed by atoms with Crippen LogP contribution in [0.15, 0.2) is 4.99 Å². The smallest absolute Gasteiger partial charge is 0.220 e. The van der Waals surface area contributed by atoms with E-state index < -0.39 is 0 Å². The molecule has 0 aromatic heterocycles. The van der Waals surface area contributed by atoms with Gasteiger partial charge in [0.1, 0.15) is 0 Å². The molecule has 26 heavy (non-hydrogen) atoms. The SMILES string of the molecule is CCNC(=NCC1CCCCN1CC)N1CCCC2(CNC(=O)C2)C1.I. The van der Waals surface area contributed by atoms with E-state index in [2.05, 4.69) is 34.3 Å². The number of nitrogens with one attached hydrogen (secondary N) is 2. The number of hydrogen-bond donors (Lipinski definition) is 2.